The first kappa shape index (κ1) is 20.2. The Labute approximate surface area is 174 Å². The van der Waals surface area contributed by atoms with Crippen molar-refractivity contribution in [1.29, 1.82) is 0 Å². The Morgan fingerprint density at radius 1 is 1.13 bits per heavy atom. The molecule has 1 atom stereocenters. The molecule has 3 heterocycles. The predicted molar refractivity (Wildman–Crippen MR) is 108 cm³/mol. The fourth-order valence-corrected chi connectivity index (χ4v) is 4.65. The summed E-state index contributed by atoms with van der Waals surface area (Å²) in [5.74, 6) is -1.34. The lowest BCUT2D eigenvalue weighted by atomic mass is 9.75. The van der Waals surface area contributed by atoms with E-state index in [0.717, 1.165) is 17.7 Å². The summed E-state index contributed by atoms with van der Waals surface area (Å²) in [6.45, 7) is 1.13. The molecule has 2 aliphatic rings. The molecule has 0 N–H and O–H groups in total. The van der Waals surface area contributed by atoms with Gasteiger partial charge in [-0.2, -0.15) is 0 Å². The standard InChI is InChI=1S/C23H24FN3O3/c1-26-20(28)14-23(22(26)30,18-4-2-3-5-19(18)24)15-21(29)27-12-8-17(9-13-27)16-6-10-25-11-7-16/h2-7,10-11,17H,8-9,12-15H2,1H3/t23-/m1/s1. The molecule has 0 radical (unpaired) electrons. The number of aromatic nitrogens is 1. The molecule has 0 saturated carbocycles. The lowest BCUT2D eigenvalue weighted by Crippen LogP contribution is -2.45. The average Bonchev–Trinajstić information content (AvgIpc) is 2.99. The minimum atomic E-state index is -1.48. The summed E-state index contributed by atoms with van der Waals surface area (Å²) in [4.78, 5) is 45.2. The Hall–Kier alpha value is -3.09. The van der Waals surface area contributed by atoms with Crippen LogP contribution in [0.1, 0.15) is 42.7 Å². The Bertz CT molecular complexity index is 973. The molecular weight excluding hydrogens is 385 g/mol. The first-order chi connectivity index (χ1) is 14.4. The normalized spacial score (nSPS) is 22.6. The zero-order valence-corrected chi connectivity index (χ0v) is 16.9. The molecule has 2 saturated heterocycles. The zero-order chi connectivity index (χ0) is 21.3. The number of benzene rings is 1. The zero-order valence-electron chi connectivity index (χ0n) is 16.9. The van der Waals surface area contributed by atoms with Gasteiger partial charge in [-0.1, -0.05) is 18.2 Å². The smallest absolute Gasteiger partial charge is 0.240 e. The van der Waals surface area contributed by atoms with E-state index in [1.54, 1.807) is 23.4 Å². The summed E-state index contributed by atoms with van der Waals surface area (Å²) in [6, 6.07) is 9.91. The summed E-state index contributed by atoms with van der Waals surface area (Å²) in [7, 11) is 1.39. The number of rotatable bonds is 4. The monoisotopic (exact) mass is 409 g/mol. The third-order valence-electron chi connectivity index (χ3n) is 6.41. The van der Waals surface area contributed by atoms with E-state index in [1.807, 2.05) is 12.1 Å². The van der Waals surface area contributed by atoms with Crippen molar-refractivity contribution in [3.05, 3.63) is 65.7 Å². The summed E-state index contributed by atoms with van der Waals surface area (Å²) < 4.78 is 14.6. The van der Waals surface area contributed by atoms with E-state index in [1.165, 1.54) is 30.8 Å². The highest BCUT2D eigenvalue weighted by Crippen LogP contribution is 2.41. The molecule has 3 amide bonds. The van der Waals surface area contributed by atoms with Gasteiger partial charge in [0.25, 0.3) is 0 Å². The topological polar surface area (TPSA) is 70.6 Å². The lowest BCUT2D eigenvalue weighted by Gasteiger charge is -2.35. The average molecular weight is 409 g/mol. The van der Waals surface area contributed by atoms with Crippen molar-refractivity contribution in [2.24, 2.45) is 0 Å². The minimum absolute atomic E-state index is 0.118. The number of piperidine rings is 1. The van der Waals surface area contributed by atoms with Gasteiger partial charge >= 0.3 is 0 Å². The molecule has 0 unspecified atom stereocenters. The summed E-state index contributed by atoms with van der Waals surface area (Å²) in [5, 5.41) is 0. The van der Waals surface area contributed by atoms with Gasteiger partial charge in [0.05, 0.1) is 5.41 Å². The maximum Gasteiger partial charge on any atom is 0.240 e. The summed E-state index contributed by atoms with van der Waals surface area (Å²) >= 11 is 0. The van der Waals surface area contributed by atoms with Crippen molar-refractivity contribution in [2.45, 2.75) is 37.0 Å². The Balaban J connectivity index is 1.53. The molecule has 30 heavy (non-hydrogen) atoms. The highest BCUT2D eigenvalue weighted by atomic mass is 19.1. The fraction of sp³-hybridized carbons (Fsp3) is 0.391. The molecule has 4 rings (SSSR count). The van der Waals surface area contributed by atoms with E-state index < -0.39 is 23.0 Å². The van der Waals surface area contributed by atoms with Crippen molar-refractivity contribution < 1.29 is 18.8 Å². The Kier molecular flexibility index (Phi) is 5.37. The molecular formula is C23H24FN3O3. The van der Waals surface area contributed by atoms with Gasteiger partial charge in [0.2, 0.25) is 17.7 Å². The highest BCUT2D eigenvalue weighted by Gasteiger charge is 2.54. The van der Waals surface area contributed by atoms with Crippen LogP contribution in [-0.2, 0) is 19.8 Å². The van der Waals surface area contributed by atoms with Crippen LogP contribution in [0.15, 0.2) is 48.8 Å². The number of amides is 3. The molecule has 1 aromatic heterocycles. The van der Waals surface area contributed by atoms with Crippen LogP contribution in [0.4, 0.5) is 4.39 Å². The van der Waals surface area contributed by atoms with E-state index in [-0.39, 0.29) is 24.3 Å². The van der Waals surface area contributed by atoms with Crippen molar-refractivity contribution in [3.8, 4) is 0 Å². The third kappa shape index (κ3) is 3.49. The van der Waals surface area contributed by atoms with Crippen molar-refractivity contribution in [1.82, 2.24) is 14.8 Å². The van der Waals surface area contributed by atoms with Crippen LogP contribution in [0, 0.1) is 5.82 Å². The molecule has 2 fully saturated rings. The van der Waals surface area contributed by atoms with Crippen molar-refractivity contribution >= 4 is 17.7 Å². The van der Waals surface area contributed by atoms with Gasteiger partial charge < -0.3 is 4.90 Å². The quantitative estimate of drug-likeness (QED) is 0.728. The van der Waals surface area contributed by atoms with Crippen LogP contribution >= 0.6 is 0 Å². The number of likely N-dealkylation sites (N-methyl/N-ethyl adjacent to an activating group) is 1. The predicted octanol–water partition coefficient (Wildman–Crippen LogP) is 2.64. The van der Waals surface area contributed by atoms with Crippen LogP contribution in [0.5, 0.6) is 0 Å². The number of carbonyl (C=O) groups excluding carboxylic acids is 3. The molecule has 1 aromatic carbocycles. The largest absolute Gasteiger partial charge is 0.343 e. The van der Waals surface area contributed by atoms with Crippen LogP contribution in [0.2, 0.25) is 0 Å². The SMILES string of the molecule is CN1C(=O)C[C@@](CC(=O)N2CCC(c3ccncc3)CC2)(c2ccccc2F)C1=O. The molecule has 2 aliphatic heterocycles. The maximum atomic E-state index is 14.6. The van der Waals surface area contributed by atoms with Crippen LogP contribution in [0.25, 0.3) is 0 Å². The third-order valence-corrected chi connectivity index (χ3v) is 6.41. The Morgan fingerprint density at radius 3 is 2.40 bits per heavy atom. The van der Waals surface area contributed by atoms with Crippen LogP contribution in [0.3, 0.4) is 0 Å². The summed E-state index contributed by atoms with van der Waals surface area (Å²) in [6.07, 6.45) is 4.77. The van der Waals surface area contributed by atoms with Crippen LogP contribution < -0.4 is 0 Å². The van der Waals surface area contributed by atoms with Gasteiger partial charge in [-0.25, -0.2) is 4.39 Å². The lowest BCUT2D eigenvalue weighted by molar-refractivity contribution is -0.141. The second kappa shape index (κ2) is 7.97. The molecule has 6 nitrogen and oxygen atoms in total. The number of hydrogen-bond donors (Lipinski definition) is 0. The number of halogens is 1. The number of imide groups is 1. The molecule has 156 valence electrons. The van der Waals surface area contributed by atoms with E-state index in [9.17, 15) is 18.8 Å². The van der Waals surface area contributed by atoms with Gasteiger partial charge in [0, 0.05) is 50.9 Å². The second-order valence-corrected chi connectivity index (χ2v) is 8.11. The molecule has 7 heteroatoms. The number of nitrogens with zero attached hydrogens (tertiary/aromatic N) is 3. The molecule has 0 spiro atoms. The second-order valence-electron chi connectivity index (χ2n) is 8.11. The van der Waals surface area contributed by atoms with Gasteiger partial charge in [-0.15, -0.1) is 0 Å². The molecule has 2 aromatic rings. The van der Waals surface area contributed by atoms with Crippen molar-refractivity contribution in [2.75, 3.05) is 20.1 Å². The van der Waals surface area contributed by atoms with Gasteiger partial charge in [-0.3, -0.25) is 24.3 Å². The number of hydrogen-bond acceptors (Lipinski definition) is 4. The maximum absolute atomic E-state index is 14.6. The number of pyridine rings is 1. The summed E-state index contributed by atoms with van der Waals surface area (Å²) in [5.41, 5.74) is -0.151. The number of carbonyl (C=O) groups is 3. The highest BCUT2D eigenvalue weighted by molar-refractivity contribution is 6.10. The van der Waals surface area contributed by atoms with E-state index in [2.05, 4.69) is 4.98 Å². The van der Waals surface area contributed by atoms with E-state index >= 15 is 0 Å². The van der Waals surface area contributed by atoms with Gasteiger partial charge in [0.1, 0.15) is 5.82 Å². The van der Waals surface area contributed by atoms with Gasteiger partial charge in [-0.05, 0) is 42.5 Å². The van der Waals surface area contributed by atoms with Gasteiger partial charge in [0.15, 0.2) is 0 Å². The Morgan fingerprint density at radius 2 is 1.80 bits per heavy atom. The molecule has 0 bridgehead atoms. The fourth-order valence-electron chi connectivity index (χ4n) is 4.65. The first-order valence-corrected chi connectivity index (χ1v) is 10.2. The number of likely N-dealkylation sites (tertiary alicyclic amines) is 2. The van der Waals surface area contributed by atoms with E-state index in [0.29, 0.717) is 19.0 Å². The first-order valence-electron chi connectivity index (χ1n) is 10.2. The van der Waals surface area contributed by atoms with E-state index in [4.69, 9.17) is 0 Å². The van der Waals surface area contributed by atoms with Crippen molar-refractivity contribution in [3.63, 3.8) is 0 Å². The minimum Gasteiger partial charge on any atom is -0.343 e. The van der Waals surface area contributed by atoms with Crippen LogP contribution in [-0.4, -0.2) is 52.6 Å². The molecule has 0 aliphatic carbocycles.